The second-order valence-corrected chi connectivity index (χ2v) is 7.65. The molecule has 0 spiro atoms. The maximum Gasteiger partial charge on any atom is 0.311 e. The first kappa shape index (κ1) is 22.5. The fourth-order valence-corrected chi connectivity index (χ4v) is 1.97. The zero-order chi connectivity index (χ0) is 20.3. The summed E-state index contributed by atoms with van der Waals surface area (Å²) in [5, 5.41) is 9.00. The number of hydrogen-bond acceptors (Lipinski definition) is 5. The van der Waals surface area contributed by atoms with Crippen molar-refractivity contribution in [3.05, 3.63) is 48.4 Å². The fourth-order valence-electron chi connectivity index (χ4n) is 1.97. The van der Waals surface area contributed by atoms with E-state index in [0.29, 0.717) is 19.4 Å². The van der Waals surface area contributed by atoms with Crippen LogP contribution in [0.2, 0.25) is 0 Å². The third-order valence-electron chi connectivity index (χ3n) is 4.28. The van der Waals surface area contributed by atoms with Crippen LogP contribution in [-0.4, -0.2) is 30.3 Å². The molecule has 0 aliphatic rings. The molecular weight excluding hydrogens is 348 g/mol. The number of hydrogen-bond donors (Lipinski definition) is 1. The van der Waals surface area contributed by atoms with Crippen molar-refractivity contribution in [2.24, 2.45) is 10.8 Å². The van der Waals surface area contributed by atoms with Crippen LogP contribution in [0.25, 0.3) is 0 Å². The Kier molecular flexibility index (Phi) is 8.85. The monoisotopic (exact) mass is 378 g/mol. The molecule has 0 bridgehead atoms. The molecule has 1 N–H and O–H groups in total. The van der Waals surface area contributed by atoms with E-state index in [-0.39, 0.29) is 19.2 Å². The predicted molar refractivity (Wildman–Crippen MR) is 102 cm³/mol. The molecule has 27 heavy (non-hydrogen) atoms. The molecule has 1 aromatic rings. The molecule has 1 rings (SSSR count). The van der Waals surface area contributed by atoms with Crippen LogP contribution in [0, 0.1) is 10.8 Å². The molecule has 6 heteroatoms. The van der Waals surface area contributed by atoms with Gasteiger partial charge in [-0.2, -0.15) is 0 Å². The summed E-state index contributed by atoms with van der Waals surface area (Å²) in [5.41, 5.74) is -0.530. The second-order valence-electron chi connectivity index (χ2n) is 7.65. The number of aliphatic carboxylic acids is 1. The molecule has 0 atom stereocenters. The fraction of sp³-hybridized carbons (Fsp3) is 0.524. The van der Waals surface area contributed by atoms with Crippen LogP contribution < -0.4 is 0 Å². The van der Waals surface area contributed by atoms with Crippen LogP contribution in [0.5, 0.6) is 0 Å². The van der Waals surface area contributed by atoms with E-state index >= 15 is 0 Å². The highest BCUT2D eigenvalue weighted by Gasteiger charge is 2.29. The van der Waals surface area contributed by atoms with Crippen molar-refractivity contribution >= 4 is 11.9 Å². The average Bonchev–Trinajstić information content (AvgIpc) is 2.62. The van der Waals surface area contributed by atoms with E-state index < -0.39 is 16.8 Å². The van der Waals surface area contributed by atoms with Gasteiger partial charge in [-0.25, -0.2) is 0 Å². The Morgan fingerprint density at radius 2 is 1.44 bits per heavy atom. The largest absolute Gasteiger partial charge is 0.498 e. The molecule has 0 amide bonds. The number of carboxylic acid groups (broad SMARTS) is 1. The Labute approximate surface area is 161 Å². The quantitative estimate of drug-likeness (QED) is 0.334. The van der Waals surface area contributed by atoms with Crippen molar-refractivity contribution in [3.8, 4) is 0 Å². The van der Waals surface area contributed by atoms with Crippen molar-refractivity contribution in [1.29, 1.82) is 0 Å². The van der Waals surface area contributed by atoms with E-state index in [1.807, 2.05) is 44.2 Å². The van der Waals surface area contributed by atoms with E-state index in [4.69, 9.17) is 19.3 Å². The second kappa shape index (κ2) is 10.6. The summed E-state index contributed by atoms with van der Waals surface area (Å²) >= 11 is 0. The molecule has 0 aromatic heterocycles. The molecule has 0 unspecified atom stereocenters. The van der Waals surface area contributed by atoms with Gasteiger partial charge in [0.1, 0.15) is 19.1 Å². The summed E-state index contributed by atoms with van der Waals surface area (Å²) in [6.07, 6.45) is 3.68. The summed E-state index contributed by atoms with van der Waals surface area (Å²) in [4.78, 5) is 23.2. The lowest BCUT2D eigenvalue weighted by atomic mass is 9.90. The highest BCUT2D eigenvalue weighted by Crippen LogP contribution is 2.23. The van der Waals surface area contributed by atoms with Gasteiger partial charge in [-0.05, 0) is 46.1 Å². The van der Waals surface area contributed by atoms with E-state index in [1.165, 1.54) is 12.5 Å². The molecular formula is C21H30O6. The van der Waals surface area contributed by atoms with E-state index in [2.05, 4.69) is 0 Å². The molecule has 0 radical (unpaired) electrons. The van der Waals surface area contributed by atoms with Gasteiger partial charge in [-0.3, -0.25) is 9.59 Å². The lowest BCUT2D eigenvalue weighted by Gasteiger charge is -2.22. The van der Waals surface area contributed by atoms with Gasteiger partial charge in [0.15, 0.2) is 0 Å². The first-order valence-electron chi connectivity index (χ1n) is 8.98. The van der Waals surface area contributed by atoms with E-state index in [0.717, 1.165) is 5.56 Å². The minimum Gasteiger partial charge on any atom is -0.498 e. The van der Waals surface area contributed by atoms with Gasteiger partial charge in [-0.1, -0.05) is 30.3 Å². The number of carboxylic acids is 1. The first-order chi connectivity index (χ1) is 12.6. The minimum absolute atomic E-state index is 0.254. The third-order valence-corrected chi connectivity index (χ3v) is 4.28. The standard InChI is InChI=1S/C21H30O6/c1-20(2,18(22)23)10-12-25-14-15-26-13-11-21(3,4)19(24)27-16-17-8-6-5-7-9-17/h5-9,14-15H,10-13,16H2,1-4H3,(H,22,23). The third kappa shape index (κ3) is 8.62. The Bertz CT molecular complexity index is 619. The summed E-state index contributed by atoms with van der Waals surface area (Å²) in [6.45, 7) is 7.82. The maximum absolute atomic E-state index is 12.2. The zero-order valence-electron chi connectivity index (χ0n) is 16.6. The molecule has 1 aromatic carbocycles. The van der Waals surface area contributed by atoms with Crippen molar-refractivity contribution < 1.29 is 28.9 Å². The van der Waals surface area contributed by atoms with Crippen LogP contribution in [-0.2, 0) is 30.4 Å². The molecule has 0 saturated carbocycles. The van der Waals surface area contributed by atoms with Crippen molar-refractivity contribution in [1.82, 2.24) is 0 Å². The summed E-state index contributed by atoms with van der Waals surface area (Å²) in [7, 11) is 0. The Hall–Kier alpha value is -2.50. The number of carbonyl (C=O) groups is 2. The lowest BCUT2D eigenvalue weighted by molar-refractivity contribution is -0.156. The zero-order valence-corrected chi connectivity index (χ0v) is 16.6. The number of carbonyl (C=O) groups excluding carboxylic acids is 1. The number of ether oxygens (including phenoxy) is 3. The summed E-state index contributed by atoms with van der Waals surface area (Å²) in [5.74, 6) is -1.13. The van der Waals surface area contributed by atoms with Crippen molar-refractivity contribution in [2.45, 2.75) is 47.1 Å². The van der Waals surface area contributed by atoms with E-state index in [1.54, 1.807) is 13.8 Å². The predicted octanol–water partition coefficient (Wildman–Crippen LogP) is 4.15. The topological polar surface area (TPSA) is 82.1 Å². The highest BCUT2D eigenvalue weighted by atomic mass is 16.5. The van der Waals surface area contributed by atoms with Crippen LogP contribution in [0.1, 0.15) is 46.1 Å². The normalized spacial score (nSPS) is 12.0. The Morgan fingerprint density at radius 1 is 0.926 bits per heavy atom. The van der Waals surface area contributed by atoms with Crippen LogP contribution in [0.15, 0.2) is 42.9 Å². The first-order valence-corrected chi connectivity index (χ1v) is 8.98. The Morgan fingerprint density at radius 3 is 1.96 bits per heavy atom. The Balaban J connectivity index is 2.21. The molecule has 6 nitrogen and oxygen atoms in total. The van der Waals surface area contributed by atoms with Gasteiger partial charge in [-0.15, -0.1) is 0 Å². The van der Waals surface area contributed by atoms with Gasteiger partial charge < -0.3 is 19.3 Å². The molecule has 0 aliphatic heterocycles. The van der Waals surface area contributed by atoms with Gasteiger partial charge in [0.25, 0.3) is 0 Å². The van der Waals surface area contributed by atoms with Crippen LogP contribution in [0.4, 0.5) is 0 Å². The van der Waals surface area contributed by atoms with Gasteiger partial charge in [0.05, 0.1) is 24.0 Å². The van der Waals surface area contributed by atoms with Crippen molar-refractivity contribution in [2.75, 3.05) is 13.2 Å². The summed E-state index contributed by atoms with van der Waals surface area (Å²) < 4.78 is 15.9. The average molecular weight is 378 g/mol. The lowest BCUT2D eigenvalue weighted by Crippen LogP contribution is -2.27. The van der Waals surface area contributed by atoms with Crippen LogP contribution >= 0.6 is 0 Å². The van der Waals surface area contributed by atoms with Gasteiger partial charge in [0.2, 0.25) is 0 Å². The van der Waals surface area contributed by atoms with Crippen LogP contribution in [0.3, 0.4) is 0 Å². The van der Waals surface area contributed by atoms with Crippen molar-refractivity contribution in [3.63, 3.8) is 0 Å². The molecule has 0 aliphatic carbocycles. The summed E-state index contributed by atoms with van der Waals surface area (Å²) in [6, 6.07) is 9.53. The SMILES string of the molecule is CC(C)(CCOC=COCCC(C)(C)C(=O)OCc1ccccc1)C(=O)O. The molecule has 0 fully saturated rings. The molecule has 0 heterocycles. The minimum atomic E-state index is -0.854. The number of esters is 1. The molecule has 0 saturated heterocycles. The maximum atomic E-state index is 12.2. The van der Waals surface area contributed by atoms with Gasteiger partial charge in [0, 0.05) is 0 Å². The number of benzene rings is 1. The molecule has 150 valence electrons. The smallest absolute Gasteiger partial charge is 0.311 e. The highest BCUT2D eigenvalue weighted by molar-refractivity contribution is 5.75. The van der Waals surface area contributed by atoms with E-state index in [9.17, 15) is 9.59 Å². The van der Waals surface area contributed by atoms with Gasteiger partial charge >= 0.3 is 11.9 Å². The number of rotatable bonds is 12.